The Labute approximate surface area is 282 Å². The van der Waals surface area contributed by atoms with Crippen LogP contribution in [0.2, 0.25) is 10.0 Å². The monoisotopic (exact) mass is 720 g/mol. The summed E-state index contributed by atoms with van der Waals surface area (Å²) in [4.78, 5) is 18.3. The summed E-state index contributed by atoms with van der Waals surface area (Å²) in [5, 5.41) is 24.8. The number of carbonyl (C=O) groups is 1. The minimum Gasteiger partial charge on any atom is -0.479 e. The molecule has 2 N–H and O–H groups in total. The zero-order chi connectivity index (χ0) is 35.1. The van der Waals surface area contributed by atoms with Crippen LogP contribution in [0.4, 0.5) is 26.3 Å². The standard InChI is InChI=1S/C33H32Cl2F6N2O5/c34-27-7-6-22(16-28(27)35)26(8-11-43-12-9-31(46,10-13-43)23-4-2-1-3-5-23)29(42-48-20-30(44)45)19-47-18-21-14-24(32(36,37)38)17-25(15-21)33(39,40)41/h1-7,14-17,26,46H,8-13,18-20H2,(H,44,45)/b42-29+. The van der Waals surface area contributed by atoms with Crippen molar-refractivity contribution in [1.29, 1.82) is 0 Å². The number of likely N-dealkylation sites (tertiary alicyclic amines) is 1. The van der Waals surface area contributed by atoms with Gasteiger partial charge < -0.3 is 24.7 Å². The van der Waals surface area contributed by atoms with E-state index in [1.807, 2.05) is 30.3 Å². The summed E-state index contributed by atoms with van der Waals surface area (Å²) in [5.41, 5.74) is -2.80. The van der Waals surface area contributed by atoms with Gasteiger partial charge in [0.2, 0.25) is 6.61 Å². The molecule has 260 valence electrons. The second-order valence-electron chi connectivity index (χ2n) is 11.4. The fourth-order valence-corrected chi connectivity index (χ4v) is 5.79. The molecule has 1 fully saturated rings. The average Bonchev–Trinajstić information content (AvgIpc) is 3.02. The van der Waals surface area contributed by atoms with E-state index in [0.29, 0.717) is 56.6 Å². The Morgan fingerprint density at radius 1 is 0.896 bits per heavy atom. The molecule has 1 aliphatic heterocycles. The number of rotatable bonds is 13. The molecular weight excluding hydrogens is 689 g/mol. The van der Waals surface area contributed by atoms with Crippen LogP contribution >= 0.6 is 23.2 Å². The maximum absolute atomic E-state index is 13.4. The van der Waals surface area contributed by atoms with Crippen molar-refractivity contribution < 1.29 is 50.9 Å². The second-order valence-corrected chi connectivity index (χ2v) is 12.2. The largest absolute Gasteiger partial charge is 0.479 e. The summed E-state index contributed by atoms with van der Waals surface area (Å²) in [6, 6.07) is 15.3. The fourth-order valence-electron chi connectivity index (χ4n) is 5.49. The van der Waals surface area contributed by atoms with Gasteiger partial charge in [-0.05, 0) is 72.8 Å². The Hall–Kier alpha value is -3.36. The van der Waals surface area contributed by atoms with Crippen LogP contribution in [0, 0.1) is 0 Å². The topological polar surface area (TPSA) is 91.6 Å². The molecule has 1 aliphatic rings. The van der Waals surface area contributed by atoms with Crippen LogP contribution in [0.5, 0.6) is 0 Å². The lowest BCUT2D eigenvalue weighted by Crippen LogP contribution is -2.43. The lowest BCUT2D eigenvalue weighted by Gasteiger charge is -2.39. The van der Waals surface area contributed by atoms with E-state index in [9.17, 15) is 36.2 Å². The van der Waals surface area contributed by atoms with E-state index in [2.05, 4.69) is 10.1 Å². The predicted molar refractivity (Wildman–Crippen MR) is 167 cm³/mol. The number of hydrogen-bond donors (Lipinski definition) is 2. The number of aliphatic carboxylic acids is 1. The van der Waals surface area contributed by atoms with Crippen molar-refractivity contribution in [3.05, 3.63) is 105 Å². The number of aliphatic hydroxyl groups is 1. The molecule has 1 unspecified atom stereocenters. The molecule has 15 heteroatoms. The van der Waals surface area contributed by atoms with E-state index in [4.69, 9.17) is 37.9 Å². The van der Waals surface area contributed by atoms with Crippen molar-refractivity contribution in [2.24, 2.45) is 5.16 Å². The first-order valence-electron chi connectivity index (χ1n) is 14.8. The lowest BCUT2D eigenvalue weighted by molar-refractivity contribution is -0.144. The average molecular weight is 722 g/mol. The zero-order valence-electron chi connectivity index (χ0n) is 25.3. The van der Waals surface area contributed by atoms with Gasteiger partial charge in [-0.2, -0.15) is 26.3 Å². The number of benzene rings is 3. The van der Waals surface area contributed by atoms with Crippen LogP contribution in [0.15, 0.2) is 71.9 Å². The van der Waals surface area contributed by atoms with Crippen molar-refractivity contribution >= 4 is 34.9 Å². The number of oxime groups is 1. The van der Waals surface area contributed by atoms with Gasteiger partial charge in [0.1, 0.15) is 0 Å². The van der Waals surface area contributed by atoms with Gasteiger partial charge in [0.05, 0.1) is 45.7 Å². The number of halogens is 8. The maximum atomic E-state index is 13.4. The Balaban J connectivity index is 1.55. The number of piperidine rings is 1. The van der Waals surface area contributed by atoms with E-state index in [0.717, 1.165) is 5.56 Å². The highest BCUT2D eigenvalue weighted by atomic mass is 35.5. The molecule has 0 saturated carbocycles. The third-order valence-electron chi connectivity index (χ3n) is 8.01. The number of ether oxygens (including phenoxy) is 1. The SMILES string of the molecule is O=C(O)CO/N=C(\COCc1cc(C(F)(F)F)cc(C(F)(F)F)c1)C(CCN1CCC(O)(c2ccccc2)CC1)c1ccc(Cl)c(Cl)c1. The smallest absolute Gasteiger partial charge is 0.416 e. The predicted octanol–water partition coefficient (Wildman–Crippen LogP) is 8.16. The van der Waals surface area contributed by atoms with Crippen LogP contribution < -0.4 is 0 Å². The number of alkyl halides is 6. The molecule has 0 bridgehead atoms. The molecule has 7 nitrogen and oxygen atoms in total. The Morgan fingerprint density at radius 2 is 1.52 bits per heavy atom. The highest BCUT2D eigenvalue weighted by Gasteiger charge is 2.37. The van der Waals surface area contributed by atoms with E-state index in [1.165, 1.54) is 0 Å². The number of carboxylic acid groups (broad SMARTS) is 1. The molecule has 3 aromatic rings. The van der Waals surface area contributed by atoms with E-state index in [-0.39, 0.29) is 27.4 Å². The van der Waals surface area contributed by atoms with Crippen molar-refractivity contribution in [1.82, 2.24) is 4.90 Å². The Morgan fingerprint density at radius 3 is 2.08 bits per heavy atom. The number of hydrogen-bond acceptors (Lipinski definition) is 6. The molecular formula is C33H32Cl2F6N2O5. The van der Waals surface area contributed by atoms with Crippen LogP contribution in [-0.4, -0.2) is 59.6 Å². The van der Waals surface area contributed by atoms with E-state index < -0.39 is 60.8 Å². The second kappa shape index (κ2) is 15.9. The van der Waals surface area contributed by atoms with Gasteiger partial charge in [-0.1, -0.05) is 64.8 Å². The van der Waals surface area contributed by atoms with Gasteiger partial charge >= 0.3 is 18.3 Å². The summed E-state index contributed by atoms with van der Waals surface area (Å²) < 4.78 is 85.9. The molecule has 1 heterocycles. The minimum absolute atomic E-state index is 0.0255. The van der Waals surface area contributed by atoms with Gasteiger partial charge in [-0.3, -0.25) is 0 Å². The Kier molecular flexibility index (Phi) is 12.4. The van der Waals surface area contributed by atoms with Gasteiger partial charge in [0.25, 0.3) is 0 Å². The number of nitrogens with zero attached hydrogens (tertiary/aromatic N) is 2. The summed E-state index contributed by atoms with van der Waals surface area (Å²) in [7, 11) is 0. The minimum atomic E-state index is -5.03. The molecule has 0 aromatic heterocycles. The van der Waals surface area contributed by atoms with Crippen molar-refractivity contribution in [2.75, 3.05) is 32.8 Å². The van der Waals surface area contributed by atoms with Crippen LogP contribution in [0.25, 0.3) is 0 Å². The van der Waals surface area contributed by atoms with Gasteiger partial charge in [0, 0.05) is 19.0 Å². The molecule has 4 rings (SSSR count). The summed E-state index contributed by atoms with van der Waals surface area (Å²) in [6.45, 7) is -0.329. The fraction of sp³-hybridized carbons (Fsp3) is 0.394. The molecule has 48 heavy (non-hydrogen) atoms. The van der Waals surface area contributed by atoms with Crippen molar-refractivity contribution in [3.63, 3.8) is 0 Å². The highest BCUT2D eigenvalue weighted by molar-refractivity contribution is 6.42. The lowest BCUT2D eigenvalue weighted by atomic mass is 9.84. The first kappa shape index (κ1) is 37.5. The first-order chi connectivity index (χ1) is 22.5. The van der Waals surface area contributed by atoms with E-state index in [1.54, 1.807) is 18.2 Å². The Bertz CT molecular complexity index is 1550. The zero-order valence-corrected chi connectivity index (χ0v) is 26.8. The van der Waals surface area contributed by atoms with Crippen LogP contribution in [0.1, 0.15) is 53.0 Å². The van der Waals surface area contributed by atoms with Crippen LogP contribution in [0.3, 0.4) is 0 Å². The first-order valence-corrected chi connectivity index (χ1v) is 15.5. The molecule has 1 saturated heterocycles. The summed E-state index contributed by atoms with van der Waals surface area (Å²) in [6.07, 6.45) is -8.77. The van der Waals surface area contributed by atoms with Gasteiger partial charge in [-0.15, -0.1) is 0 Å². The van der Waals surface area contributed by atoms with Gasteiger partial charge in [0.15, 0.2) is 0 Å². The third-order valence-corrected chi connectivity index (χ3v) is 8.75. The molecule has 0 radical (unpaired) electrons. The van der Waals surface area contributed by atoms with Gasteiger partial charge in [-0.25, -0.2) is 4.79 Å². The van der Waals surface area contributed by atoms with Crippen LogP contribution in [-0.2, 0) is 38.9 Å². The highest BCUT2D eigenvalue weighted by Crippen LogP contribution is 2.37. The maximum Gasteiger partial charge on any atom is 0.416 e. The summed E-state index contributed by atoms with van der Waals surface area (Å²) in [5.74, 6) is -1.97. The normalized spacial score (nSPS) is 16.5. The third kappa shape index (κ3) is 10.3. The molecule has 3 aromatic carbocycles. The molecule has 1 atom stereocenters. The quantitative estimate of drug-likeness (QED) is 0.105. The van der Waals surface area contributed by atoms with Crippen molar-refractivity contribution in [2.45, 2.75) is 49.7 Å². The summed E-state index contributed by atoms with van der Waals surface area (Å²) >= 11 is 12.4. The molecule has 0 aliphatic carbocycles. The van der Waals surface area contributed by atoms with E-state index >= 15 is 0 Å². The molecule has 0 amide bonds. The number of carboxylic acids is 1. The molecule has 0 spiro atoms. The van der Waals surface area contributed by atoms with Crippen molar-refractivity contribution in [3.8, 4) is 0 Å².